The summed E-state index contributed by atoms with van der Waals surface area (Å²) in [5, 5.41) is 5.20. The average molecular weight is 524 g/mol. The van der Waals surface area contributed by atoms with Crippen LogP contribution in [-0.2, 0) is 4.79 Å². The number of rotatable bonds is 6. The van der Waals surface area contributed by atoms with Gasteiger partial charge in [0.1, 0.15) is 11.5 Å². The zero-order valence-electron chi connectivity index (χ0n) is 15.0. The first kappa shape index (κ1) is 20.6. The van der Waals surface area contributed by atoms with Crippen molar-refractivity contribution in [3.8, 4) is 22.8 Å². The second-order valence-corrected chi connectivity index (χ2v) is 8.22. The smallest absolute Gasteiger partial charge is 0.250 e. The third-order valence-electron chi connectivity index (χ3n) is 3.79. The second kappa shape index (κ2) is 9.36. The molecule has 8 heteroatoms. The largest absolute Gasteiger partial charge is 0.496 e. The summed E-state index contributed by atoms with van der Waals surface area (Å²) in [5.41, 5.74) is 2.51. The molecule has 144 valence electrons. The molecule has 0 bridgehead atoms. The van der Waals surface area contributed by atoms with E-state index < -0.39 is 0 Å². The molecule has 0 atom stereocenters. The molecule has 1 amide bonds. The number of amides is 1. The number of hydrogen-bond acceptors (Lipinski definition) is 5. The number of aromatic nitrogens is 1. The first-order chi connectivity index (χ1) is 13.5. The van der Waals surface area contributed by atoms with Crippen molar-refractivity contribution in [1.82, 2.24) is 4.98 Å². The minimum absolute atomic E-state index is 0.265. The van der Waals surface area contributed by atoms with Gasteiger partial charge in [-0.2, -0.15) is 0 Å². The highest BCUT2D eigenvalue weighted by atomic mass is 79.9. The van der Waals surface area contributed by atoms with Gasteiger partial charge in [0.05, 0.1) is 24.4 Å². The fraction of sp³-hybridized carbons (Fsp3) is 0.100. The molecular formula is C20H16Br2N2O3S. The molecular weight excluding hydrogens is 508 g/mol. The first-order valence-electron chi connectivity index (χ1n) is 8.12. The number of carbonyl (C=O) groups is 1. The number of benzene rings is 2. The van der Waals surface area contributed by atoms with Crippen molar-refractivity contribution in [2.75, 3.05) is 19.5 Å². The lowest BCUT2D eigenvalue weighted by Crippen LogP contribution is -2.07. The Morgan fingerprint density at radius 3 is 2.57 bits per heavy atom. The fourth-order valence-corrected chi connectivity index (χ4v) is 4.08. The Balaban J connectivity index is 1.70. The molecule has 1 N–H and O–H groups in total. The number of halogens is 2. The van der Waals surface area contributed by atoms with Gasteiger partial charge in [-0.15, -0.1) is 11.3 Å². The van der Waals surface area contributed by atoms with Gasteiger partial charge in [0.25, 0.3) is 0 Å². The van der Waals surface area contributed by atoms with Gasteiger partial charge in [-0.3, -0.25) is 10.1 Å². The molecule has 0 saturated heterocycles. The van der Waals surface area contributed by atoms with E-state index in [-0.39, 0.29) is 5.91 Å². The van der Waals surface area contributed by atoms with Gasteiger partial charge < -0.3 is 9.47 Å². The van der Waals surface area contributed by atoms with Crippen LogP contribution >= 0.6 is 43.2 Å². The number of hydrogen-bond donors (Lipinski definition) is 1. The summed E-state index contributed by atoms with van der Waals surface area (Å²) in [4.78, 5) is 16.7. The maximum absolute atomic E-state index is 12.2. The standard InChI is InChI=1S/C20H16Br2N2O3S/c1-26-17-7-5-14(21)9-13(17)4-8-19(25)24-20-23-16(11-28-20)12-3-6-18(27-2)15(22)10-12/h3-11H,1-2H3,(H,23,24,25). The van der Waals surface area contributed by atoms with Crippen LogP contribution in [0.4, 0.5) is 5.13 Å². The SMILES string of the molecule is COc1ccc(-c2csc(NC(=O)C=Cc3cc(Br)ccc3OC)n2)cc1Br. The normalized spacial score (nSPS) is 10.9. The second-order valence-electron chi connectivity index (χ2n) is 5.60. The van der Waals surface area contributed by atoms with Gasteiger partial charge in [0.2, 0.25) is 5.91 Å². The van der Waals surface area contributed by atoms with Crippen molar-refractivity contribution in [2.24, 2.45) is 0 Å². The topological polar surface area (TPSA) is 60.5 Å². The Kier molecular flexibility index (Phi) is 6.88. The Morgan fingerprint density at radius 2 is 1.86 bits per heavy atom. The number of thiazole rings is 1. The summed E-state index contributed by atoms with van der Waals surface area (Å²) in [5.74, 6) is 1.17. The van der Waals surface area contributed by atoms with Crippen LogP contribution in [0, 0.1) is 0 Å². The van der Waals surface area contributed by atoms with Crippen molar-refractivity contribution in [2.45, 2.75) is 0 Å². The minimum atomic E-state index is -0.265. The Labute approximate surface area is 183 Å². The number of carbonyl (C=O) groups excluding carboxylic acids is 1. The molecule has 2 aromatic carbocycles. The first-order valence-corrected chi connectivity index (χ1v) is 10.6. The van der Waals surface area contributed by atoms with Gasteiger partial charge in [-0.05, 0) is 58.4 Å². The lowest BCUT2D eigenvalue weighted by molar-refractivity contribution is -0.111. The highest BCUT2D eigenvalue weighted by Crippen LogP contribution is 2.32. The molecule has 0 spiro atoms. The lowest BCUT2D eigenvalue weighted by Gasteiger charge is -2.05. The van der Waals surface area contributed by atoms with Crippen molar-refractivity contribution < 1.29 is 14.3 Å². The molecule has 0 saturated carbocycles. The van der Waals surface area contributed by atoms with E-state index >= 15 is 0 Å². The van der Waals surface area contributed by atoms with Crippen LogP contribution in [0.15, 0.2) is 56.8 Å². The Bertz CT molecular complexity index is 1030. The zero-order valence-corrected chi connectivity index (χ0v) is 19.0. The van der Waals surface area contributed by atoms with Crippen LogP contribution in [0.5, 0.6) is 11.5 Å². The number of methoxy groups -OCH3 is 2. The molecule has 0 radical (unpaired) electrons. The molecule has 1 heterocycles. The Hall–Kier alpha value is -2.16. The number of anilines is 1. The highest BCUT2D eigenvalue weighted by Gasteiger charge is 2.09. The molecule has 0 unspecified atom stereocenters. The van der Waals surface area contributed by atoms with Crippen LogP contribution in [0.25, 0.3) is 17.3 Å². The van der Waals surface area contributed by atoms with E-state index in [1.165, 1.54) is 17.4 Å². The van der Waals surface area contributed by atoms with E-state index in [9.17, 15) is 4.79 Å². The maximum atomic E-state index is 12.2. The summed E-state index contributed by atoms with van der Waals surface area (Å²) in [6.07, 6.45) is 3.16. The molecule has 5 nitrogen and oxygen atoms in total. The quantitative estimate of drug-likeness (QED) is 0.402. The zero-order chi connectivity index (χ0) is 20.1. The van der Waals surface area contributed by atoms with E-state index in [0.29, 0.717) is 10.9 Å². The van der Waals surface area contributed by atoms with E-state index in [4.69, 9.17) is 9.47 Å². The minimum Gasteiger partial charge on any atom is -0.496 e. The van der Waals surface area contributed by atoms with E-state index in [1.807, 2.05) is 41.8 Å². The van der Waals surface area contributed by atoms with Gasteiger partial charge in [-0.1, -0.05) is 15.9 Å². The van der Waals surface area contributed by atoms with Crippen LogP contribution in [-0.4, -0.2) is 25.1 Å². The van der Waals surface area contributed by atoms with Gasteiger partial charge in [0.15, 0.2) is 5.13 Å². The maximum Gasteiger partial charge on any atom is 0.250 e. The van der Waals surface area contributed by atoms with Crippen molar-refractivity contribution in [3.05, 3.63) is 62.4 Å². The van der Waals surface area contributed by atoms with Gasteiger partial charge in [0, 0.05) is 27.1 Å². The molecule has 0 aliphatic heterocycles. The highest BCUT2D eigenvalue weighted by molar-refractivity contribution is 9.10. The van der Waals surface area contributed by atoms with Crippen molar-refractivity contribution in [1.29, 1.82) is 0 Å². The predicted octanol–water partition coefficient (Wildman–Crippen LogP) is 6.00. The summed E-state index contributed by atoms with van der Waals surface area (Å²) in [7, 11) is 3.21. The lowest BCUT2D eigenvalue weighted by atomic mass is 10.2. The molecule has 0 aliphatic rings. The Morgan fingerprint density at radius 1 is 1.11 bits per heavy atom. The molecule has 1 aromatic heterocycles. The average Bonchev–Trinajstić information content (AvgIpc) is 3.15. The number of nitrogens with zero attached hydrogens (tertiary/aromatic N) is 1. The van der Waals surface area contributed by atoms with E-state index in [2.05, 4.69) is 42.2 Å². The summed E-state index contributed by atoms with van der Waals surface area (Å²) >= 11 is 8.25. The molecule has 0 fully saturated rings. The van der Waals surface area contributed by atoms with E-state index in [1.54, 1.807) is 20.3 Å². The van der Waals surface area contributed by atoms with Gasteiger partial charge in [-0.25, -0.2) is 4.98 Å². The molecule has 28 heavy (non-hydrogen) atoms. The van der Waals surface area contributed by atoms with Gasteiger partial charge >= 0.3 is 0 Å². The summed E-state index contributed by atoms with van der Waals surface area (Å²) < 4.78 is 12.3. The van der Waals surface area contributed by atoms with Crippen LogP contribution in [0.1, 0.15) is 5.56 Å². The van der Waals surface area contributed by atoms with Crippen LogP contribution in [0.3, 0.4) is 0 Å². The predicted molar refractivity (Wildman–Crippen MR) is 120 cm³/mol. The number of ether oxygens (including phenoxy) is 2. The van der Waals surface area contributed by atoms with Crippen LogP contribution < -0.4 is 14.8 Å². The fourth-order valence-electron chi connectivity index (χ4n) is 2.44. The monoisotopic (exact) mass is 522 g/mol. The summed E-state index contributed by atoms with van der Waals surface area (Å²) in [6, 6.07) is 11.3. The third-order valence-corrected chi connectivity index (χ3v) is 5.66. The molecule has 3 rings (SSSR count). The summed E-state index contributed by atoms with van der Waals surface area (Å²) in [6.45, 7) is 0. The van der Waals surface area contributed by atoms with Crippen LogP contribution in [0.2, 0.25) is 0 Å². The molecule has 0 aliphatic carbocycles. The number of nitrogens with one attached hydrogen (secondary N) is 1. The van der Waals surface area contributed by atoms with E-state index in [0.717, 1.165) is 31.5 Å². The van der Waals surface area contributed by atoms with Crippen molar-refractivity contribution in [3.63, 3.8) is 0 Å². The molecule has 3 aromatic rings. The van der Waals surface area contributed by atoms with Crippen molar-refractivity contribution >= 4 is 60.3 Å². The third kappa shape index (κ3) is 5.01.